The average Bonchev–Trinajstić information content (AvgIpc) is 2.68. The smallest absolute Gasteiger partial charge is 0.339 e. The lowest BCUT2D eigenvalue weighted by Crippen LogP contribution is -2.37. The first-order valence-electron chi connectivity index (χ1n) is 9.32. The molecule has 0 spiro atoms. The summed E-state index contributed by atoms with van der Waals surface area (Å²) < 4.78 is 32.0. The molecule has 1 amide bonds. The molecule has 0 fully saturated rings. The zero-order chi connectivity index (χ0) is 21.6. The van der Waals surface area contributed by atoms with Crippen molar-refractivity contribution < 1.29 is 22.7 Å². The van der Waals surface area contributed by atoms with Crippen molar-refractivity contribution in [3.63, 3.8) is 0 Å². The number of carbonyl (C=O) groups excluding carboxylic acids is 2. The van der Waals surface area contributed by atoms with Crippen LogP contribution in [-0.4, -0.2) is 32.9 Å². The number of esters is 1. The Morgan fingerprint density at radius 3 is 2.34 bits per heavy atom. The summed E-state index contributed by atoms with van der Waals surface area (Å²) >= 11 is 0. The lowest BCUT2D eigenvalue weighted by atomic mass is 10.1. The van der Waals surface area contributed by atoms with Gasteiger partial charge in [-0.05, 0) is 44.0 Å². The molecule has 0 aliphatic heterocycles. The van der Waals surface area contributed by atoms with Crippen molar-refractivity contribution in [2.45, 2.75) is 44.7 Å². The van der Waals surface area contributed by atoms with Gasteiger partial charge in [-0.3, -0.25) is 4.79 Å². The van der Waals surface area contributed by atoms with E-state index in [1.807, 2.05) is 37.3 Å². The molecule has 0 bridgehead atoms. The third-order valence-electron chi connectivity index (χ3n) is 4.38. The minimum atomic E-state index is -3.71. The zero-order valence-electron chi connectivity index (χ0n) is 16.9. The molecule has 2 aromatic rings. The van der Waals surface area contributed by atoms with Gasteiger partial charge in [-0.2, -0.15) is 0 Å². The Kier molecular flexibility index (Phi) is 7.53. The highest BCUT2D eigenvalue weighted by atomic mass is 32.2. The number of sulfonamides is 1. The van der Waals surface area contributed by atoms with E-state index in [9.17, 15) is 18.0 Å². The fourth-order valence-corrected chi connectivity index (χ4v) is 3.76. The predicted octanol–water partition coefficient (Wildman–Crippen LogP) is 2.72. The van der Waals surface area contributed by atoms with E-state index < -0.39 is 28.0 Å². The zero-order valence-corrected chi connectivity index (χ0v) is 17.7. The van der Waals surface area contributed by atoms with Gasteiger partial charge in [0.1, 0.15) is 0 Å². The van der Waals surface area contributed by atoms with Gasteiger partial charge in [0.05, 0.1) is 16.5 Å². The SMILES string of the molecule is CCNS(=O)(=O)c1ccc(C)c(C(=O)OC(C)C(=O)NC(C)c2ccccc2)c1. The Hall–Kier alpha value is -2.71. The summed E-state index contributed by atoms with van der Waals surface area (Å²) in [6, 6.07) is 13.4. The summed E-state index contributed by atoms with van der Waals surface area (Å²) in [6.07, 6.45) is -1.04. The number of rotatable bonds is 8. The average molecular weight is 419 g/mol. The number of nitrogens with one attached hydrogen (secondary N) is 2. The van der Waals surface area contributed by atoms with Crippen molar-refractivity contribution in [2.24, 2.45) is 0 Å². The Labute approximate surface area is 171 Å². The van der Waals surface area contributed by atoms with E-state index in [-0.39, 0.29) is 23.0 Å². The molecule has 2 rings (SSSR count). The van der Waals surface area contributed by atoms with Crippen LogP contribution in [0.4, 0.5) is 0 Å². The van der Waals surface area contributed by atoms with Crippen molar-refractivity contribution in [1.82, 2.24) is 10.0 Å². The van der Waals surface area contributed by atoms with Crippen molar-refractivity contribution in [2.75, 3.05) is 6.54 Å². The van der Waals surface area contributed by atoms with E-state index in [1.54, 1.807) is 13.8 Å². The van der Waals surface area contributed by atoms with Gasteiger partial charge in [-0.1, -0.05) is 43.3 Å². The molecule has 7 nitrogen and oxygen atoms in total. The normalized spacial score (nSPS) is 13.4. The molecule has 8 heteroatoms. The van der Waals surface area contributed by atoms with Crippen LogP contribution >= 0.6 is 0 Å². The van der Waals surface area contributed by atoms with E-state index in [1.165, 1.54) is 25.1 Å². The van der Waals surface area contributed by atoms with E-state index in [2.05, 4.69) is 10.0 Å². The monoisotopic (exact) mass is 418 g/mol. The standard InChI is InChI=1S/C21H26N2O5S/c1-5-22-29(26,27)18-12-11-14(2)19(13-18)21(25)28-16(4)20(24)23-15(3)17-9-7-6-8-10-17/h6-13,15-16,22H,5H2,1-4H3,(H,23,24). The highest BCUT2D eigenvalue weighted by Crippen LogP contribution is 2.18. The van der Waals surface area contributed by atoms with Gasteiger partial charge >= 0.3 is 5.97 Å². The summed E-state index contributed by atoms with van der Waals surface area (Å²) in [6.45, 7) is 6.87. The van der Waals surface area contributed by atoms with E-state index in [0.717, 1.165) is 5.56 Å². The second kappa shape index (κ2) is 9.67. The topological polar surface area (TPSA) is 102 Å². The molecule has 2 atom stereocenters. The van der Waals surface area contributed by atoms with Gasteiger partial charge in [-0.25, -0.2) is 17.9 Å². The molecular formula is C21H26N2O5S. The first kappa shape index (κ1) is 22.6. The van der Waals surface area contributed by atoms with Crippen LogP contribution in [-0.2, 0) is 19.6 Å². The van der Waals surface area contributed by atoms with E-state index in [4.69, 9.17) is 4.74 Å². The molecule has 0 aromatic heterocycles. The minimum Gasteiger partial charge on any atom is -0.449 e. The van der Waals surface area contributed by atoms with Crippen LogP contribution in [0.2, 0.25) is 0 Å². The number of carbonyl (C=O) groups is 2. The number of amides is 1. The summed E-state index contributed by atoms with van der Waals surface area (Å²) in [4.78, 5) is 24.9. The maximum Gasteiger partial charge on any atom is 0.339 e. The molecule has 2 N–H and O–H groups in total. The number of benzene rings is 2. The third-order valence-corrected chi connectivity index (χ3v) is 5.93. The summed E-state index contributed by atoms with van der Waals surface area (Å²) in [5, 5.41) is 2.80. The molecule has 0 saturated carbocycles. The number of hydrogen-bond donors (Lipinski definition) is 2. The largest absolute Gasteiger partial charge is 0.449 e. The number of aryl methyl sites for hydroxylation is 1. The van der Waals surface area contributed by atoms with Crippen LogP contribution < -0.4 is 10.0 Å². The highest BCUT2D eigenvalue weighted by Gasteiger charge is 2.23. The highest BCUT2D eigenvalue weighted by molar-refractivity contribution is 7.89. The summed E-state index contributed by atoms with van der Waals surface area (Å²) in [7, 11) is -3.71. The molecule has 2 unspecified atom stereocenters. The summed E-state index contributed by atoms with van der Waals surface area (Å²) in [5.74, 6) is -1.20. The summed E-state index contributed by atoms with van der Waals surface area (Å²) in [5.41, 5.74) is 1.58. The van der Waals surface area contributed by atoms with Gasteiger partial charge in [0.25, 0.3) is 5.91 Å². The lowest BCUT2D eigenvalue weighted by Gasteiger charge is -2.19. The van der Waals surface area contributed by atoms with Crippen LogP contribution in [0.5, 0.6) is 0 Å². The fourth-order valence-electron chi connectivity index (χ4n) is 2.69. The van der Waals surface area contributed by atoms with E-state index in [0.29, 0.717) is 5.56 Å². The predicted molar refractivity (Wildman–Crippen MR) is 110 cm³/mol. The maximum absolute atomic E-state index is 12.6. The van der Waals surface area contributed by atoms with Gasteiger partial charge in [0.15, 0.2) is 6.10 Å². The number of hydrogen-bond acceptors (Lipinski definition) is 5. The molecule has 156 valence electrons. The van der Waals surface area contributed by atoms with Crippen molar-refractivity contribution in [1.29, 1.82) is 0 Å². The van der Waals surface area contributed by atoms with Gasteiger partial charge in [0.2, 0.25) is 10.0 Å². The van der Waals surface area contributed by atoms with Gasteiger partial charge in [0, 0.05) is 6.54 Å². The van der Waals surface area contributed by atoms with Crippen LogP contribution in [0.3, 0.4) is 0 Å². The lowest BCUT2D eigenvalue weighted by molar-refractivity contribution is -0.129. The third kappa shape index (κ3) is 5.88. The van der Waals surface area contributed by atoms with Crippen LogP contribution in [0, 0.1) is 6.92 Å². The molecule has 2 aromatic carbocycles. The Balaban J connectivity index is 2.10. The molecule has 0 heterocycles. The molecule has 0 aliphatic rings. The quantitative estimate of drug-likeness (QED) is 0.642. The van der Waals surface area contributed by atoms with Crippen molar-refractivity contribution >= 4 is 21.9 Å². The first-order valence-corrected chi connectivity index (χ1v) is 10.8. The first-order chi connectivity index (χ1) is 13.7. The maximum atomic E-state index is 12.6. The van der Waals surface area contributed by atoms with Crippen LogP contribution in [0.15, 0.2) is 53.4 Å². The minimum absolute atomic E-state index is 0.0355. The van der Waals surface area contributed by atoms with Crippen LogP contribution in [0.1, 0.15) is 48.3 Å². The second-order valence-electron chi connectivity index (χ2n) is 6.67. The van der Waals surface area contributed by atoms with Crippen molar-refractivity contribution in [3.8, 4) is 0 Å². The van der Waals surface area contributed by atoms with Gasteiger partial charge in [-0.15, -0.1) is 0 Å². The van der Waals surface area contributed by atoms with E-state index >= 15 is 0 Å². The molecule has 29 heavy (non-hydrogen) atoms. The second-order valence-corrected chi connectivity index (χ2v) is 8.43. The molecule has 0 saturated heterocycles. The molecule has 0 aliphatic carbocycles. The van der Waals surface area contributed by atoms with Gasteiger partial charge < -0.3 is 10.1 Å². The molecular weight excluding hydrogens is 392 g/mol. The van der Waals surface area contributed by atoms with Crippen molar-refractivity contribution in [3.05, 3.63) is 65.2 Å². The Bertz CT molecular complexity index is 974. The Morgan fingerprint density at radius 2 is 1.72 bits per heavy atom. The molecule has 0 radical (unpaired) electrons. The fraction of sp³-hybridized carbons (Fsp3) is 0.333. The number of ether oxygens (including phenoxy) is 1. The Morgan fingerprint density at radius 1 is 1.07 bits per heavy atom. The van der Waals surface area contributed by atoms with Crippen LogP contribution in [0.25, 0.3) is 0 Å².